The van der Waals surface area contributed by atoms with Crippen molar-refractivity contribution in [2.45, 2.75) is 25.2 Å². The van der Waals surface area contributed by atoms with Crippen LogP contribution in [0, 0.1) is 0 Å². The van der Waals surface area contributed by atoms with Crippen LogP contribution in [0.25, 0.3) is 10.9 Å². The van der Waals surface area contributed by atoms with E-state index in [1.807, 2.05) is 0 Å². The second kappa shape index (κ2) is 5.73. The Kier molecular flexibility index (Phi) is 3.86. The third-order valence-corrected chi connectivity index (χ3v) is 3.61. The molecule has 6 nitrogen and oxygen atoms in total. The number of benzene rings is 1. The molecular formula is C15H13F3N2O4. The number of carboxylic acid groups (broad SMARTS) is 1. The summed E-state index contributed by atoms with van der Waals surface area (Å²) in [6.07, 6.45) is -3.32. The molecule has 1 saturated carbocycles. The molecule has 0 unspecified atom stereocenters. The highest BCUT2D eigenvalue weighted by Crippen LogP contribution is 2.30. The fraction of sp³-hybridized carbons (Fsp3) is 0.333. The molecule has 0 aliphatic heterocycles. The van der Waals surface area contributed by atoms with Crippen LogP contribution in [-0.2, 0) is 4.79 Å². The molecule has 24 heavy (non-hydrogen) atoms. The summed E-state index contributed by atoms with van der Waals surface area (Å²) < 4.78 is 40.6. The molecule has 0 bridgehead atoms. The van der Waals surface area contributed by atoms with Crippen molar-refractivity contribution in [2.24, 2.45) is 0 Å². The van der Waals surface area contributed by atoms with Crippen LogP contribution < -0.4 is 4.74 Å². The Bertz CT molecular complexity index is 796. The maximum atomic E-state index is 12.5. The van der Waals surface area contributed by atoms with E-state index in [0.29, 0.717) is 10.9 Å². The van der Waals surface area contributed by atoms with Crippen molar-refractivity contribution < 1.29 is 32.6 Å². The van der Waals surface area contributed by atoms with Crippen molar-refractivity contribution in [3.8, 4) is 5.75 Å². The first-order chi connectivity index (χ1) is 11.2. The Morgan fingerprint density at radius 2 is 2.00 bits per heavy atom. The van der Waals surface area contributed by atoms with E-state index in [2.05, 4.69) is 9.72 Å². The second-order valence-corrected chi connectivity index (χ2v) is 5.54. The van der Waals surface area contributed by atoms with Crippen molar-refractivity contribution in [3.63, 3.8) is 0 Å². The van der Waals surface area contributed by atoms with Crippen molar-refractivity contribution >= 4 is 22.8 Å². The first-order valence-corrected chi connectivity index (χ1v) is 7.14. The van der Waals surface area contributed by atoms with Crippen LogP contribution in [0.2, 0.25) is 0 Å². The van der Waals surface area contributed by atoms with E-state index in [1.54, 1.807) is 0 Å². The molecule has 128 valence electrons. The first-order valence-electron chi connectivity index (χ1n) is 7.14. The molecule has 1 heterocycles. The second-order valence-electron chi connectivity index (χ2n) is 5.54. The quantitative estimate of drug-likeness (QED) is 0.875. The molecule has 0 atom stereocenters. The van der Waals surface area contributed by atoms with Crippen molar-refractivity contribution in [3.05, 3.63) is 30.0 Å². The summed E-state index contributed by atoms with van der Waals surface area (Å²) in [7, 11) is 0. The van der Waals surface area contributed by atoms with Gasteiger partial charge in [-0.2, -0.15) is 0 Å². The maximum absolute atomic E-state index is 12.5. The van der Waals surface area contributed by atoms with Gasteiger partial charge in [0.1, 0.15) is 18.0 Å². The number of fused-ring (bicyclic) bond motifs is 1. The number of hydrogen-bond acceptors (Lipinski definition) is 3. The topological polar surface area (TPSA) is 82.6 Å². The lowest BCUT2D eigenvalue weighted by atomic mass is 10.2. The number of hydrogen-bond donors (Lipinski definition) is 2. The van der Waals surface area contributed by atoms with Crippen LogP contribution in [0.15, 0.2) is 24.3 Å². The minimum Gasteiger partial charge on any atom is -0.480 e. The highest BCUT2D eigenvalue weighted by molar-refractivity contribution is 5.99. The predicted molar refractivity (Wildman–Crippen MR) is 76.7 cm³/mol. The number of nitrogens with zero attached hydrogens (tertiary/aromatic N) is 1. The summed E-state index contributed by atoms with van der Waals surface area (Å²) in [5.41, 5.74) is 0.425. The minimum atomic E-state index is -4.80. The molecule has 9 heteroatoms. The van der Waals surface area contributed by atoms with Gasteiger partial charge in [-0.1, -0.05) is 0 Å². The lowest BCUT2D eigenvalue weighted by Gasteiger charge is -2.19. The van der Waals surface area contributed by atoms with Crippen LogP contribution in [0.3, 0.4) is 0 Å². The zero-order valence-corrected chi connectivity index (χ0v) is 12.3. The Balaban J connectivity index is 1.86. The highest BCUT2D eigenvalue weighted by atomic mass is 19.4. The smallest absolute Gasteiger partial charge is 0.480 e. The average molecular weight is 342 g/mol. The van der Waals surface area contributed by atoms with Gasteiger partial charge in [0.25, 0.3) is 5.91 Å². The average Bonchev–Trinajstić information content (AvgIpc) is 3.21. The number of carbonyl (C=O) groups is 2. The number of nitrogens with one attached hydrogen (secondary N) is 1. The van der Waals surface area contributed by atoms with E-state index in [1.165, 1.54) is 17.0 Å². The normalized spacial score (nSPS) is 14.6. The largest absolute Gasteiger partial charge is 0.573 e. The Morgan fingerprint density at radius 3 is 2.58 bits per heavy atom. The van der Waals surface area contributed by atoms with E-state index < -0.39 is 30.5 Å². The molecule has 1 fully saturated rings. The highest BCUT2D eigenvalue weighted by Gasteiger charge is 2.35. The van der Waals surface area contributed by atoms with Gasteiger partial charge in [-0.3, -0.25) is 9.59 Å². The van der Waals surface area contributed by atoms with Crippen LogP contribution in [0.5, 0.6) is 5.75 Å². The number of halogens is 3. The van der Waals surface area contributed by atoms with Gasteiger partial charge < -0.3 is 19.7 Å². The van der Waals surface area contributed by atoms with Crippen LogP contribution in [0.4, 0.5) is 13.2 Å². The number of amides is 1. The number of ether oxygens (including phenoxy) is 1. The number of aliphatic carboxylic acids is 1. The molecule has 2 aromatic rings. The SMILES string of the molecule is O=C(O)CN(C(=O)c1cc2ccc(OC(F)(F)F)cc2[nH]1)C1CC1. The van der Waals surface area contributed by atoms with E-state index in [4.69, 9.17) is 5.11 Å². The summed E-state index contributed by atoms with van der Waals surface area (Å²) in [6.45, 7) is -0.415. The molecule has 0 radical (unpaired) electrons. The van der Waals surface area contributed by atoms with E-state index >= 15 is 0 Å². The minimum absolute atomic E-state index is 0.107. The number of alkyl halides is 3. The van der Waals surface area contributed by atoms with Gasteiger partial charge in [-0.05, 0) is 31.0 Å². The summed E-state index contributed by atoms with van der Waals surface area (Å²) in [5.74, 6) is -2.01. The summed E-state index contributed by atoms with van der Waals surface area (Å²) in [6, 6.07) is 5.05. The van der Waals surface area contributed by atoms with E-state index in [9.17, 15) is 22.8 Å². The van der Waals surface area contributed by atoms with Crippen molar-refractivity contribution in [1.82, 2.24) is 9.88 Å². The van der Waals surface area contributed by atoms with E-state index in [-0.39, 0.29) is 11.7 Å². The molecule has 0 saturated heterocycles. The van der Waals surface area contributed by atoms with Gasteiger partial charge in [-0.15, -0.1) is 13.2 Å². The Morgan fingerprint density at radius 1 is 1.29 bits per heavy atom. The van der Waals surface area contributed by atoms with Gasteiger partial charge in [0.2, 0.25) is 0 Å². The zero-order chi connectivity index (χ0) is 17.5. The van der Waals surface area contributed by atoms with Crippen LogP contribution >= 0.6 is 0 Å². The van der Waals surface area contributed by atoms with Crippen molar-refractivity contribution in [2.75, 3.05) is 6.54 Å². The Hall–Kier alpha value is -2.71. The van der Waals surface area contributed by atoms with Crippen LogP contribution in [-0.4, -0.2) is 45.8 Å². The molecule has 1 aromatic carbocycles. The number of rotatable bonds is 5. The molecule has 3 rings (SSSR count). The third-order valence-electron chi connectivity index (χ3n) is 3.61. The molecule has 1 aliphatic carbocycles. The fourth-order valence-electron chi connectivity index (χ4n) is 2.47. The molecule has 1 aromatic heterocycles. The number of H-pyrrole nitrogens is 1. The fourth-order valence-corrected chi connectivity index (χ4v) is 2.47. The van der Waals surface area contributed by atoms with Gasteiger partial charge >= 0.3 is 12.3 Å². The molecule has 1 amide bonds. The van der Waals surface area contributed by atoms with E-state index in [0.717, 1.165) is 25.0 Å². The molecule has 2 N–H and O–H groups in total. The van der Waals surface area contributed by atoms with Crippen molar-refractivity contribution in [1.29, 1.82) is 0 Å². The van der Waals surface area contributed by atoms with Gasteiger partial charge in [0, 0.05) is 23.0 Å². The number of aromatic nitrogens is 1. The molecule has 1 aliphatic rings. The lowest BCUT2D eigenvalue weighted by molar-refractivity contribution is -0.274. The van der Waals surface area contributed by atoms with Gasteiger partial charge in [0.15, 0.2) is 0 Å². The molecule has 0 spiro atoms. The standard InChI is InChI=1S/C15H13F3N2O4/c16-15(17,18)24-10-4-1-8-5-12(19-11(8)6-10)14(23)20(7-13(21)22)9-2-3-9/h1,4-6,9,19H,2-3,7H2,(H,21,22). The predicted octanol–water partition coefficient (Wildman–Crippen LogP) is 2.76. The maximum Gasteiger partial charge on any atom is 0.573 e. The molecular weight excluding hydrogens is 329 g/mol. The number of carbonyl (C=O) groups excluding carboxylic acids is 1. The number of carboxylic acids is 1. The zero-order valence-electron chi connectivity index (χ0n) is 12.3. The third kappa shape index (κ3) is 3.61. The lowest BCUT2D eigenvalue weighted by Crippen LogP contribution is -2.37. The number of aromatic amines is 1. The Labute approximate surface area is 133 Å². The summed E-state index contributed by atoms with van der Waals surface area (Å²) in [4.78, 5) is 27.3. The monoisotopic (exact) mass is 342 g/mol. The summed E-state index contributed by atoms with van der Waals surface area (Å²) >= 11 is 0. The summed E-state index contributed by atoms with van der Waals surface area (Å²) in [5, 5.41) is 9.44. The van der Waals surface area contributed by atoms with Gasteiger partial charge in [0.05, 0.1) is 0 Å². The first kappa shape index (κ1) is 16.2. The van der Waals surface area contributed by atoms with Gasteiger partial charge in [-0.25, -0.2) is 0 Å². The van der Waals surface area contributed by atoms with Crippen LogP contribution in [0.1, 0.15) is 23.3 Å².